The predicted molar refractivity (Wildman–Crippen MR) is 75.2 cm³/mol. The largest absolute Gasteiger partial charge is 0.507 e. The van der Waals surface area contributed by atoms with Crippen LogP contribution in [0.4, 0.5) is 0 Å². The van der Waals surface area contributed by atoms with E-state index in [0.717, 1.165) is 29.3 Å². The number of unbranched alkanes of at least 4 members (excludes halogenated alkanes) is 3. The van der Waals surface area contributed by atoms with Crippen molar-refractivity contribution in [2.75, 3.05) is 6.61 Å². The Bertz CT molecular complexity index is 377. The molecule has 0 aromatic heterocycles. The van der Waals surface area contributed by atoms with Gasteiger partial charge in [0.15, 0.2) is 0 Å². The Morgan fingerprint density at radius 2 is 2.12 bits per heavy atom. The highest BCUT2D eigenvalue weighted by molar-refractivity contribution is 14.1. The highest BCUT2D eigenvalue weighted by Gasteiger charge is 2.12. The van der Waals surface area contributed by atoms with Crippen molar-refractivity contribution >= 4 is 28.6 Å². The molecule has 1 aromatic carbocycles. The van der Waals surface area contributed by atoms with Gasteiger partial charge in [0.2, 0.25) is 0 Å². The van der Waals surface area contributed by atoms with E-state index in [-0.39, 0.29) is 11.3 Å². The summed E-state index contributed by atoms with van der Waals surface area (Å²) >= 11 is 2.09. The second-order valence-corrected chi connectivity index (χ2v) is 5.10. The smallest absolute Gasteiger partial charge is 0.341 e. The molecule has 0 aliphatic carbocycles. The van der Waals surface area contributed by atoms with Crippen LogP contribution in [-0.2, 0) is 4.74 Å². The summed E-state index contributed by atoms with van der Waals surface area (Å²) in [6, 6.07) is 4.88. The van der Waals surface area contributed by atoms with Crippen molar-refractivity contribution < 1.29 is 14.6 Å². The van der Waals surface area contributed by atoms with Crippen LogP contribution in [0, 0.1) is 3.57 Å². The molecular formula is C13H17IO3. The number of phenols is 1. The Balaban J connectivity index is 2.44. The van der Waals surface area contributed by atoms with Crippen LogP contribution in [-0.4, -0.2) is 17.7 Å². The maximum absolute atomic E-state index is 11.7. The van der Waals surface area contributed by atoms with Gasteiger partial charge >= 0.3 is 5.97 Å². The number of carbonyl (C=O) groups is 1. The molecule has 0 radical (unpaired) electrons. The third-order valence-corrected chi connectivity index (χ3v) is 3.08. The first-order chi connectivity index (χ1) is 8.15. The Hall–Kier alpha value is -0.780. The Kier molecular flexibility index (Phi) is 6.32. The Labute approximate surface area is 115 Å². The summed E-state index contributed by atoms with van der Waals surface area (Å²) < 4.78 is 6.01. The first-order valence-corrected chi connectivity index (χ1v) is 6.88. The van der Waals surface area contributed by atoms with E-state index in [4.69, 9.17) is 4.74 Å². The van der Waals surface area contributed by atoms with Crippen LogP contribution in [0.25, 0.3) is 0 Å². The van der Waals surface area contributed by atoms with Gasteiger partial charge in [0, 0.05) is 3.57 Å². The fourth-order valence-electron chi connectivity index (χ4n) is 1.44. The molecule has 0 saturated heterocycles. The minimum atomic E-state index is -0.447. The summed E-state index contributed by atoms with van der Waals surface area (Å²) in [7, 11) is 0. The van der Waals surface area contributed by atoms with Gasteiger partial charge in [-0.25, -0.2) is 4.79 Å². The predicted octanol–water partition coefficient (Wildman–Crippen LogP) is 3.73. The average Bonchev–Trinajstić information content (AvgIpc) is 2.32. The zero-order valence-corrected chi connectivity index (χ0v) is 12.1. The second-order valence-electron chi connectivity index (χ2n) is 3.86. The molecule has 3 nitrogen and oxygen atoms in total. The maximum Gasteiger partial charge on any atom is 0.341 e. The summed E-state index contributed by atoms with van der Waals surface area (Å²) in [5, 5.41) is 9.54. The van der Waals surface area contributed by atoms with Crippen molar-refractivity contribution in [2.24, 2.45) is 0 Å². The number of hydrogen-bond acceptors (Lipinski definition) is 3. The molecule has 0 heterocycles. The van der Waals surface area contributed by atoms with E-state index in [2.05, 4.69) is 29.5 Å². The summed E-state index contributed by atoms with van der Waals surface area (Å²) in [6.45, 7) is 2.56. The van der Waals surface area contributed by atoms with Crippen molar-refractivity contribution in [3.8, 4) is 5.75 Å². The molecule has 1 rings (SSSR count). The lowest BCUT2D eigenvalue weighted by atomic mass is 10.2. The SMILES string of the molecule is CCCCCCOC(=O)c1cc(I)ccc1O. The minimum Gasteiger partial charge on any atom is -0.507 e. The lowest BCUT2D eigenvalue weighted by Gasteiger charge is -2.06. The van der Waals surface area contributed by atoms with Crippen LogP contribution in [0.3, 0.4) is 0 Å². The summed E-state index contributed by atoms with van der Waals surface area (Å²) in [6.07, 6.45) is 4.27. The van der Waals surface area contributed by atoms with Crippen LogP contribution in [0.1, 0.15) is 43.0 Å². The normalized spacial score (nSPS) is 10.2. The third-order valence-electron chi connectivity index (χ3n) is 2.41. The highest BCUT2D eigenvalue weighted by atomic mass is 127. The number of aromatic hydroxyl groups is 1. The number of phenolic OH excluding ortho intramolecular Hbond substituents is 1. The van der Waals surface area contributed by atoms with Gasteiger partial charge in [0.25, 0.3) is 0 Å². The highest BCUT2D eigenvalue weighted by Crippen LogP contribution is 2.20. The average molecular weight is 348 g/mol. The maximum atomic E-state index is 11.7. The molecule has 17 heavy (non-hydrogen) atoms. The Morgan fingerprint density at radius 3 is 2.82 bits per heavy atom. The Morgan fingerprint density at radius 1 is 1.35 bits per heavy atom. The van der Waals surface area contributed by atoms with E-state index in [9.17, 15) is 9.90 Å². The molecule has 1 aromatic rings. The van der Waals surface area contributed by atoms with Gasteiger partial charge in [0.05, 0.1) is 6.61 Å². The number of benzene rings is 1. The molecule has 0 saturated carbocycles. The van der Waals surface area contributed by atoms with E-state index in [1.807, 2.05) is 0 Å². The zero-order chi connectivity index (χ0) is 12.7. The molecule has 0 unspecified atom stereocenters. The minimum absolute atomic E-state index is 0.0241. The number of halogens is 1. The topological polar surface area (TPSA) is 46.5 Å². The monoisotopic (exact) mass is 348 g/mol. The summed E-state index contributed by atoms with van der Waals surface area (Å²) in [5.41, 5.74) is 0.243. The van der Waals surface area contributed by atoms with E-state index in [0.29, 0.717) is 6.61 Å². The van der Waals surface area contributed by atoms with Gasteiger partial charge in [-0.15, -0.1) is 0 Å². The van der Waals surface area contributed by atoms with E-state index < -0.39 is 5.97 Å². The van der Waals surface area contributed by atoms with Gasteiger partial charge < -0.3 is 9.84 Å². The number of ether oxygens (including phenoxy) is 1. The number of hydrogen-bond donors (Lipinski definition) is 1. The fraction of sp³-hybridized carbons (Fsp3) is 0.462. The molecule has 94 valence electrons. The van der Waals surface area contributed by atoms with Crippen LogP contribution in [0.2, 0.25) is 0 Å². The van der Waals surface area contributed by atoms with Crippen molar-refractivity contribution in [3.05, 3.63) is 27.3 Å². The number of rotatable bonds is 6. The molecule has 0 spiro atoms. The van der Waals surface area contributed by atoms with Gasteiger partial charge in [0.1, 0.15) is 11.3 Å². The molecule has 0 atom stereocenters. The lowest BCUT2D eigenvalue weighted by Crippen LogP contribution is -2.07. The quantitative estimate of drug-likeness (QED) is 0.484. The summed E-state index contributed by atoms with van der Waals surface area (Å²) in [5.74, 6) is -0.471. The number of esters is 1. The molecule has 0 bridgehead atoms. The van der Waals surface area contributed by atoms with Gasteiger partial charge in [-0.2, -0.15) is 0 Å². The number of carbonyl (C=O) groups excluding carboxylic acids is 1. The van der Waals surface area contributed by atoms with Gasteiger partial charge in [-0.05, 0) is 47.2 Å². The van der Waals surface area contributed by atoms with Crippen molar-refractivity contribution in [3.63, 3.8) is 0 Å². The molecule has 0 aliphatic rings. The molecule has 4 heteroatoms. The summed E-state index contributed by atoms with van der Waals surface area (Å²) in [4.78, 5) is 11.7. The molecule has 0 aliphatic heterocycles. The van der Waals surface area contributed by atoms with Crippen LogP contribution >= 0.6 is 22.6 Å². The standard InChI is InChI=1S/C13H17IO3/c1-2-3-4-5-8-17-13(16)11-9-10(14)6-7-12(11)15/h6-7,9,15H,2-5,8H2,1H3. The van der Waals surface area contributed by atoms with Crippen molar-refractivity contribution in [1.82, 2.24) is 0 Å². The molecule has 0 fully saturated rings. The molecule has 1 N–H and O–H groups in total. The van der Waals surface area contributed by atoms with E-state index >= 15 is 0 Å². The first-order valence-electron chi connectivity index (χ1n) is 5.80. The van der Waals surface area contributed by atoms with Crippen LogP contribution in [0.5, 0.6) is 5.75 Å². The van der Waals surface area contributed by atoms with Crippen molar-refractivity contribution in [2.45, 2.75) is 32.6 Å². The van der Waals surface area contributed by atoms with Gasteiger partial charge in [-0.1, -0.05) is 26.2 Å². The van der Waals surface area contributed by atoms with Crippen LogP contribution < -0.4 is 0 Å². The van der Waals surface area contributed by atoms with Crippen LogP contribution in [0.15, 0.2) is 18.2 Å². The fourth-order valence-corrected chi connectivity index (χ4v) is 1.93. The van der Waals surface area contributed by atoms with Crippen molar-refractivity contribution in [1.29, 1.82) is 0 Å². The molecule has 0 amide bonds. The lowest BCUT2D eigenvalue weighted by molar-refractivity contribution is 0.0494. The van der Waals surface area contributed by atoms with E-state index in [1.165, 1.54) is 6.07 Å². The van der Waals surface area contributed by atoms with Gasteiger partial charge in [-0.3, -0.25) is 0 Å². The third kappa shape index (κ3) is 4.93. The van der Waals surface area contributed by atoms with E-state index in [1.54, 1.807) is 12.1 Å². The zero-order valence-electron chi connectivity index (χ0n) is 9.91. The second kappa shape index (κ2) is 7.53. The first kappa shape index (κ1) is 14.3. The molecular weight excluding hydrogens is 331 g/mol.